The Morgan fingerprint density at radius 3 is 2.74 bits per heavy atom. The molecule has 23 heavy (non-hydrogen) atoms. The van der Waals surface area contributed by atoms with E-state index in [1.807, 2.05) is 38.1 Å². The highest BCUT2D eigenvalue weighted by Crippen LogP contribution is 2.25. The van der Waals surface area contributed by atoms with E-state index in [9.17, 15) is 4.79 Å². The Balaban J connectivity index is 2.04. The minimum Gasteiger partial charge on any atom is -0.353 e. The molecule has 1 N–H and O–H groups in total. The van der Waals surface area contributed by atoms with E-state index in [4.69, 9.17) is 12.2 Å². The van der Waals surface area contributed by atoms with Crippen molar-refractivity contribution < 1.29 is 4.79 Å². The highest BCUT2D eigenvalue weighted by molar-refractivity contribution is 8.01. The van der Waals surface area contributed by atoms with Gasteiger partial charge in [-0.2, -0.15) is 0 Å². The molecule has 0 bridgehead atoms. The van der Waals surface area contributed by atoms with Crippen LogP contribution in [-0.4, -0.2) is 27.5 Å². The first-order valence-electron chi connectivity index (χ1n) is 7.47. The average molecular weight is 368 g/mol. The molecular weight excluding hydrogens is 346 g/mol. The van der Waals surface area contributed by atoms with E-state index in [1.54, 1.807) is 4.68 Å². The smallest absolute Gasteiger partial charge is 0.230 e. The van der Waals surface area contributed by atoms with Crippen molar-refractivity contribution in [1.82, 2.24) is 15.1 Å². The Morgan fingerprint density at radius 1 is 1.39 bits per heavy atom. The highest BCUT2D eigenvalue weighted by atomic mass is 32.2. The van der Waals surface area contributed by atoms with Crippen LogP contribution in [0.4, 0.5) is 0 Å². The van der Waals surface area contributed by atoms with Crippen molar-refractivity contribution in [3.8, 4) is 5.69 Å². The lowest BCUT2D eigenvalue weighted by molar-refractivity contribution is -0.119. The molecule has 1 aromatic heterocycles. The summed E-state index contributed by atoms with van der Waals surface area (Å²) < 4.78 is 3.27. The summed E-state index contributed by atoms with van der Waals surface area (Å²) in [7, 11) is 0. The molecule has 1 aromatic carbocycles. The van der Waals surface area contributed by atoms with Crippen molar-refractivity contribution in [2.45, 2.75) is 38.1 Å². The number of nitrogens with zero attached hydrogens (tertiary/aromatic N) is 2. The van der Waals surface area contributed by atoms with E-state index in [-0.39, 0.29) is 11.9 Å². The van der Waals surface area contributed by atoms with Crippen LogP contribution in [-0.2, 0) is 4.79 Å². The number of nitrogens with one attached hydrogen (secondary N) is 1. The molecule has 0 radical (unpaired) electrons. The quantitative estimate of drug-likeness (QED) is 0.613. The van der Waals surface area contributed by atoms with Crippen molar-refractivity contribution in [3.63, 3.8) is 0 Å². The summed E-state index contributed by atoms with van der Waals surface area (Å²) in [6.07, 6.45) is 0. The summed E-state index contributed by atoms with van der Waals surface area (Å²) in [5.41, 5.74) is 2.10. The lowest BCUT2D eigenvalue weighted by atomic mass is 10.1. The van der Waals surface area contributed by atoms with Crippen LogP contribution >= 0.6 is 35.3 Å². The van der Waals surface area contributed by atoms with Gasteiger partial charge in [0.2, 0.25) is 5.91 Å². The summed E-state index contributed by atoms with van der Waals surface area (Å²) in [5.74, 6) is 0.804. The van der Waals surface area contributed by atoms with Crippen LogP contribution in [0.3, 0.4) is 0 Å². The minimum atomic E-state index is 0.0276. The van der Waals surface area contributed by atoms with E-state index in [2.05, 4.69) is 24.3 Å². The molecule has 0 spiro atoms. The number of rotatable bonds is 6. The summed E-state index contributed by atoms with van der Waals surface area (Å²) in [6.45, 7) is 8.23. The van der Waals surface area contributed by atoms with Crippen molar-refractivity contribution in [2.75, 3.05) is 5.75 Å². The second kappa shape index (κ2) is 8.08. The maximum Gasteiger partial charge on any atom is 0.230 e. The standard InChI is InChI=1S/C16H21N3OS3/c1-10(2)12(4)17-14(20)9-22-15-18-19(16(21)23-15)13-8-6-5-7-11(13)3/h5-8,10,12H,9H2,1-4H3,(H,17,20)/t12-/m1/s1. The number of aromatic nitrogens is 2. The zero-order valence-electron chi connectivity index (χ0n) is 13.7. The van der Waals surface area contributed by atoms with Crippen LogP contribution in [0.2, 0.25) is 0 Å². The van der Waals surface area contributed by atoms with Crippen LogP contribution in [0.1, 0.15) is 26.3 Å². The lowest BCUT2D eigenvalue weighted by Gasteiger charge is -2.16. The Morgan fingerprint density at radius 2 is 2.09 bits per heavy atom. The number of amides is 1. The Kier molecular flexibility index (Phi) is 6.38. The molecule has 0 aliphatic rings. The van der Waals surface area contributed by atoms with E-state index >= 15 is 0 Å². The largest absolute Gasteiger partial charge is 0.353 e. The predicted octanol–water partition coefficient (Wildman–Crippen LogP) is 4.22. The topological polar surface area (TPSA) is 46.9 Å². The third-order valence-corrected chi connectivity index (χ3v) is 5.95. The Bertz CT molecular complexity index is 736. The van der Waals surface area contributed by atoms with E-state index in [0.717, 1.165) is 15.6 Å². The van der Waals surface area contributed by atoms with Crippen LogP contribution < -0.4 is 5.32 Å². The maximum absolute atomic E-state index is 12.0. The van der Waals surface area contributed by atoms with E-state index < -0.39 is 0 Å². The normalized spacial score (nSPS) is 12.4. The molecule has 2 aromatic rings. The molecule has 0 unspecified atom stereocenters. The molecule has 1 amide bonds. The fourth-order valence-electron chi connectivity index (χ4n) is 1.86. The zero-order valence-corrected chi connectivity index (χ0v) is 16.1. The molecule has 0 aliphatic heterocycles. The van der Waals surface area contributed by atoms with Crippen LogP contribution in [0, 0.1) is 16.8 Å². The maximum atomic E-state index is 12.0. The molecule has 0 saturated heterocycles. The van der Waals surface area contributed by atoms with Gasteiger partial charge in [0.1, 0.15) is 0 Å². The fraction of sp³-hybridized carbons (Fsp3) is 0.438. The van der Waals surface area contributed by atoms with Crippen LogP contribution in [0.25, 0.3) is 5.69 Å². The number of hydrogen-bond acceptors (Lipinski definition) is 5. The SMILES string of the molecule is Cc1ccccc1-n1nc(SCC(=O)N[C@H](C)C(C)C)sc1=S. The zero-order chi connectivity index (χ0) is 17.0. The number of carbonyl (C=O) groups is 1. The van der Waals surface area contributed by atoms with Gasteiger partial charge in [0.15, 0.2) is 8.29 Å². The van der Waals surface area contributed by atoms with Gasteiger partial charge in [-0.3, -0.25) is 4.79 Å². The summed E-state index contributed by atoms with van der Waals surface area (Å²) in [6, 6.07) is 8.16. The Hall–Kier alpha value is -1.18. The van der Waals surface area contributed by atoms with Gasteiger partial charge in [0.25, 0.3) is 0 Å². The van der Waals surface area contributed by atoms with Gasteiger partial charge < -0.3 is 5.32 Å². The molecule has 0 aliphatic carbocycles. The third kappa shape index (κ3) is 4.89. The molecular formula is C16H21N3OS3. The number of benzene rings is 1. The van der Waals surface area contributed by atoms with Gasteiger partial charge >= 0.3 is 0 Å². The predicted molar refractivity (Wildman–Crippen MR) is 100 cm³/mol. The van der Waals surface area contributed by atoms with Crippen LogP contribution in [0.15, 0.2) is 28.6 Å². The summed E-state index contributed by atoms with van der Waals surface area (Å²) in [4.78, 5) is 12.0. The molecule has 0 saturated carbocycles. The summed E-state index contributed by atoms with van der Waals surface area (Å²) in [5, 5.41) is 7.54. The van der Waals surface area contributed by atoms with Crippen molar-refractivity contribution in [3.05, 3.63) is 33.8 Å². The molecule has 124 valence electrons. The van der Waals surface area contributed by atoms with Gasteiger partial charge in [-0.25, -0.2) is 4.68 Å². The second-order valence-electron chi connectivity index (χ2n) is 5.72. The molecule has 0 fully saturated rings. The van der Waals surface area contributed by atoms with Gasteiger partial charge in [-0.15, -0.1) is 5.10 Å². The number of aryl methyl sites for hydroxylation is 1. The molecule has 1 atom stereocenters. The first-order chi connectivity index (χ1) is 10.9. The first-order valence-corrected chi connectivity index (χ1v) is 9.68. The van der Waals surface area contributed by atoms with Crippen LogP contribution in [0.5, 0.6) is 0 Å². The van der Waals surface area contributed by atoms with Crippen molar-refractivity contribution in [2.24, 2.45) is 5.92 Å². The molecule has 7 heteroatoms. The van der Waals surface area contributed by atoms with Gasteiger partial charge in [-0.1, -0.05) is 55.1 Å². The van der Waals surface area contributed by atoms with E-state index in [0.29, 0.717) is 15.6 Å². The molecule has 1 heterocycles. The van der Waals surface area contributed by atoms with Gasteiger partial charge in [0.05, 0.1) is 11.4 Å². The van der Waals surface area contributed by atoms with Crippen molar-refractivity contribution in [1.29, 1.82) is 0 Å². The first kappa shape index (κ1) is 18.2. The minimum absolute atomic E-state index is 0.0276. The number of hydrogen-bond donors (Lipinski definition) is 1. The van der Waals surface area contributed by atoms with E-state index in [1.165, 1.54) is 23.1 Å². The van der Waals surface area contributed by atoms with Crippen molar-refractivity contribution >= 4 is 41.2 Å². The monoisotopic (exact) mass is 367 g/mol. The second-order valence-corrected chi connectivity index (χ2v) is 8.57. The number of thioether (sulfide) groups is 1. The fourth-order valence-corrected chi connectivity index (χ4v) is 4.02. The number of carbonyl (C=O) groups excluding carboxylic acids is 1. The highest BCUT2D eigenvalue weighted by Gasteiger charge is 2.13. The summed E-state index contributed by atoms with van der Waals surface area (Å²) >= 11 is 8.26. The molecule has 4 nitrogen and oxygen atoms in total. The Labute approximate surface area is 150 Å². The van der Waals surface area contributed by atoms with Gasteiger partial charge in [-0.05, 0) is 43.6 Å². The molecule has 2 rings (SSSR count). The average Bonchev–Trinajstić information content (AvgIpc) is 2.86. The third-order valence-electron chi connectivity index (χ3n) is 3.59. The lowest BCUT2D eigenvalue weighted by Crippen LogP contribution is -2.37. The number of para-hydroxylation sites is 1. The van der Waals surface area contributed by atoms with Gasteiger partial charge in [0, 0.05) is 6.04 Å².